The van der Waals surface area contributed by atoms with Crippen LogP contribution in [-0.4, -0.2) is 49.9 Å². The molecule has 8 nitrogen and oxygen atoms in total. The molecule has 0 aromatic rings. The first-order chi connectivity index (χ1) is 28.4. The predicted octanol–water partition coefficient (Wildman–Crippen LogP) is 14.1. The Balaban J connectivity index is 4.13. The Labute approximate surface area is 356 Å². The molecule has 0 aliphatic rings. The van der Waals surface area contributed by atoms with E-state index in [1.165, 1.54) is 103 Å². The summed E-state index contributed by atoms with van der Waals surface area (Å²) in [6.45, 7) is 4.69. The molecule has 0 bridgehead atoms. The number of hydrogen-bond acceptors (Lipinski definition) is 7. The van der Waals surface area contributed by atoms with Gasteiger partial charge < -0.3 is 20.1 Å². The van der Waals surface area contributed by atoms with Crippen LogP contribution in [0.2, 0.25) is 0 Å². The average molecular weight is 832 g/mol. The lowest BCUT2D eigenvalue weighted by molar-refractivity contribution is -0.154. The van der Waals surface area contributed by atoms with Crippen LogP contribution in [0.5, 0.6) is 0 Å². The van der Waals surface area contributed by atoms with Gasteiger partial charge in [0.15, 0.2) is 0 Å². The van der Waals surface area contributed by atoms with E-state index in [0.717, 1.165) is 51.4 Å². The van der Waals surface area contributed by atoms with Gasteiger partial charge in [-0.15, -0.1) is 0 Å². The second-order valence-corrected chi connectivity index (χ2v) is 16.3. The number of nitrogens with two attached hydrogens (primary N) is 1. The topological polar surface area (TPSA) is 117 Å². The fourth-order valence-corrected chi connectivity index (χ4v) is 6.72. The van der Waals surface area contributed by atoms with E-state index in [2.05, 4.69) is 86.8 Å². The van der Waals surface area contributed by atoms with Crippen LogP contribution in [0.3, 0.4) is 0 Å². The van der Waals surface area contributed by atoms with Crippen molar-refractivity contribution in [2.24, 2.45) is 5.73 Å². The van der Waals surface area contributed by atoms with E-state index in [4.69, 9.17) is 24.3 Å². The minimum atomic E-state index is -4.30. The average Bonchev–Trinajstić information content (AvgIpc) is 3.21. The first kappa shape index (κ1) is 55.7. The van der Waals surface area contributed by atoms with Gasteiger partial charge in [0.05, 0.1) is 19.8 Å². The van der Waals surface area contributed by atoms with Crippen LogP contribution in [0.4, 0.5) is 0 Å². The second-order valence-electron chi connectivity index (χ2n) is 14.9. The molecule has 0 spiro atoms. The quantitative estimate of drug-likeness (QED) is 0.0270. The maximum atomic E-state index is 12.6. The van der Waals surface area contributed by atoms with Crippen molar-refractivity contribution in [2.75, 3.05) is 33.0 Å². The standard InChI is InChI=1S/C49H86NO7P/c1-3-5-7-9-11-13-15-17-19-21-23-25-27-29-31-33-35-37-39-41-44-54-46-48(47-56-58(52,53)55-45-43-50)57-49(51)42-40-38-36-34-32-30-28-26-24-22-20-18-16-14-12-10-8-6-4-2/h6,8,12,14,17-20,24,26,30,32,36,38,48H,3-5,7,9-11,13,15-16,21-23,25,27-29,31,33-35,37,39-47,50H2,1-2H3,(H,52,53)/b8-6-,14-12-,19-17-,20-18-,26-24-,32-30-,38-36-. The fourth-order valence-electron chi connectivity index (χ4n) is 5.96. The third-order valence-corrected chi connectivity index (χ3v) is 10.3. The zero-order chi connectivity index (χ0) is 42.3. The second kappa shape index (κ2) is 45.8. The van der Waals surface area contributed by atoms with Crippen molar-refractivity contribution in [1.82, 2.24) is 0 Å². The molecule has 0 aliphatic heterocycles. The smallest absolute Gasteiger partial charge is 0.457 e. The maximum absolute atomic E-state index is 12.6. The molecular weight excluding hydrogens is 746 g/mol. The highest BCUT2D eigenvalue weighted by Gasteiger charge is 2.25. The molecule has 0 radical (unpaired) electrons. The minimum Gasteiger partial charge on any atom is -0.457 e. The Morgan fingerprint density at radius 2 is 0.966 bits per heavy atom. The summed E-state index contributed by atoms with van der Waals surface area (Å²) in [5.41, 5.74) is 5.37. The lowest BCUT2D eigenvalue weighted by Gasteiger charge is -2.20. The van der Waals surface area contributed by atoms with Crippen molar-refractivity contribution in [1.29, 1.82) is 0 Å². The van der Waals surface area contributed by atoms with Gasteiger partial charge in [0, 0.05) is 19.6 Å². The van der Waals surface area contributed by atoms with Crippen LogP contribution in [-0.2, 0) is 27.9 Å². The lowest BCUT2D eigenvalue weighted by Crippen LogP contribution is -2.28. The summed E-state index contributed by atoms with van der Waals surface area (Å²) in [6.07, 6.45) is 59.1. The zero-order valence-corrected chi connectivity index (χ0v) is 37.9. The molecule has 2 atom stereocenters. The molecule has 9 heteroatoms. The number of phosphoric ester groups is 1. The van der Waals surface area contributed by atoms with Gasteiger partial charge >= 0.3 is 13.8 Å². The number of allylic oxidation sites excluding steroid dienone is 14. The number of phosphoric acid groups is 1. The van der Waals surface area contributed by atoms with Crippen LogP contribution in [0.15, 0.2) is 85.1 Å². The minimum absolute atomic E-state index is 0.0808. The van der Waals surface area contributed by atoms with Gasteiger partial charge in [-0.25, -0.2) is 4.57 Å². The van der Waals surface area contributed by atoms with E-state index >= 15 is 0 Å². The molecule has 0 amide bonds. The van der Waals surface area contributed by atoms with E-state index in [-0.39, 0.29) is 32.8 Å². The molecule has 334 valence electrons. The normalized spacial score (nSPS) is 14.2. The Bertz CT molecular complexity index is 1160. The molecule has 2 unspecified atom stereocenters. The first-order valence-corrected chi connectivity index (χ1v) is 24.6. The monoisotopic (exact) mass is 832 g/mol. The summed E-state index contributed by atoms with van der Waals surface area (Å²) in [6, 6.07) is 0. The van der Waals surface area contributed by atoms with Gasteiger partial charge in [-0.2, -0.15) is 0 Å². The zero-order valence-electron chi connectivity index (χ0n) is 37.0. The van der Waals surface area contributed by atoms with Crippen molar-refractivity contribution in [2.45, 2.75) is 187 Å². The highest BCUT2D eigenvalue weighted by Crippen LogP contribution is 2.43. The molecule has 0 aliphatic carbocycles. The Morgan fingerprint density at radius 3 is 1.45 bits per heavy atom. The molecular formula is C49H86NO7P. The van der Waals surface area contributed by atoms with Crippen LogP contribution in [0.1, 0.15) is 181 Å². The molecule has 58 heavy (non-hydrogen) atoms. The van der Waals surface area contributed by atoms with Gasteiger partial charge in [-0.3, -0.25) is 13.8 Å². The summed E-state index contributed by atoms with van der Waals surface area (Å²) in [7, 11) is -4.30. The Morgan fingerprint density at radius 1 is 0.534 bits per heavy atom. The molecule has 0 aromatic carbocycles. The fraction of sp³-hybridized carbons (Fsp3) is 0.694. The SMILES string of the molecule is CC/C=C\C/C=C\C/C=C\C/C=C\C/C=C\C/C=C\CCC(=O)OC(COCCCCCCCCCCCC/C=C\CCCCCCCC)COP(=O)(O)OCCN. The van der Waals surface area contributed by atoms with E-state index in [0.29, 0.717) is 13.0 Å². The van der Waals surface area contributed by atoms with E-state index in [9.17, 15) is 14.3 Å². The van der Waals surface area contributed by atoms with Crippen LogP contribution >= 0.6 is 7.82 Å². The summed E-state index contributed by atoms with van der Waals surface area (Å²) in [5, 5.41) is 0. The summed E-state index contributed by atoms with van der Waals surface area (Å²) in [5.74, 6) is -0.414. The number of rotatable bonds is 43. The Kier molecular flexibility index (Phi) is 43.9. The Hall–Kier alpha value is -2.32. The highest BCUT2D eigenvalue weighted by atomic mass is 31.2. The van der Waals surface area contributed by atoms with E-state index in [1.54, 1.807) is 0 Å². The van der Waals surface area contributed by atoms with Gasteiger partial charge in [-0.1, -0.05) is 182 Å². The van der Waals surface area contributed by atoms with Crippen molar-refractivity contribution < 1.29 is 32.8 Å². The third-order valence-electron chi connectivity index (χ3n) is 9.31. The van der Waals surface area contributed by atoms with Gasteiger partial charge in [0.1, 0.15) is 6.10 Å². The third kappa shape index (κ3) is 44.8. The highest BCUT2D eigenvalue weighted by molar-refractivity contribution is 7.47. The number of unbranched alkanes of at least 4 members (excludes halogenated alkanes) is 16. The van der Waals surface area contributed by atoms with Crippen LogP contribution < -0.4 is 5.73 Å². The summed E-state index contributed by atoms with van der Waals surface area (Å²) in [4.78, 5) is 22.5. The molecule has 0 fully saturated rings. The predicted molar refractivity (Wildman–Crippen MR) is 247 cm³/mol. The first-order valence-electron chi connectivity index (χ1n) is 23.1. The molecule has 0 saturated heterocycles. The number of esters is 1. The van der Waals surface area contributed by atoms with E-state index < -0.39 is 19.9 Å². The number of ether oxygens (including phenoxy) is 2. The van der Waals surface area contributed by atoms with Gasteiger partial charge in [0.25, 0.3) is 0 Å². The molecule has 3 N–H and O–H groups in total. The van der Waals surface area contributed by atoms with Crippen molar-refractivity contribution in [3.05, 3.63) is 85.1 Å². The number of carbonyl (C=O) groups is 1. The van der Waals surface area contributed by atoms with Gasteiger partial charge in [-0.05, 0) is 77.0 Å². The van der Waals surface area contributed by atoms with Gasteiger partial charge in [0.2, 0.25) is 0 Å². The molecule has 0 heterocycles. The molecule has 0 saturated carbocycles. The largest absolute Gasteiger partial charge is 0.472 e. The van der Waals surface area contributed by atoms with E-state index in [1.807, 2.05) is 12.2 Å². The lowest BCUT2D eigenvalue weighted by atomic mass is 10.1. The van der Waals surface area contributed by atoms with Crippen LogP contribution in [0, 0.1) is 0 Å². The van der Waals surface area contributed by atoms with Crippen molar-refractivity contribution >= 4 is 13.8 Å². The summed E-state index contributed by atoms with van der Waals surface area (Å²) >= 11 is 0. The number of carbonyl (C=O) groups excluding carboxylic acids is 1. The molecule has 0 rings (SSSR count). The maximum Gasteiger partial charge on any atom is 0.472 e. The van der Waals surface area contributed by atoms with Crippen molar-refractivity contribution in [3.63, 3.8) is 0 Å². The molecule has 0 aromatic heterocycles. The van der Waals surface area contributed by atoms with Crippen molar-refractivity contribution in [3.8, 4) is 0 Å². The summed E-state index contributed by atoms with van der Waals surface area (Å²) < 4.78 is 33.4. The number of hydrogen-bond donors (Lipinski definition) is 2. The van der Waals surface area contributed by atoms with Crippen LogP contribution in [0.25, 0.3) is 0 Å².